The van der Waals surface area contributed by atoms with Crippen molar-refractivity contribution < 1.29 is 14.1 Å². The van der Waals surface area contributed by atoms with Gasteiger partial charge < -0.3 is 4.74 Å². The Labute approximate surface area is 113 Å². The monoisotopic (exact) mass is 281 g/mol. The van der Waals surface area contributed by atoms with Crippen LogP contribution < -0.4 is 4.74 Å². The highest BCUT2D eigenvalue weighted by Gasteiger charge is 2.17. The van der Waals surface area contributed by atoms with E-state index >= 15 is 0 Å². The molecule has 0 aromatic heterocycles. The van der Waals surface area contributed by atoms with E-state index in [1.165, 1.54) is 0 Å². The molecule has 0 saturated carbocycles. The van der Waals surface area contributed by atoms with Crippen LogP contribution in [0.5, 0.6) is 5.75 Å². The van der Waals surface area contributed by atoms with Crippen molar-refractivity contribution in [2.75, 3.05) is 0 Å². The topological polar surface area (TPSA) is 52.4 Å². The first-order valence-corrected chi connectivity index (χ1v) is 5.76. The minimum absolute atomic E-state index is 0.0394. The Kier molecular flexibility index (Phi) is 3.97. The van der Waals surface area contributed by atoms with Crippen molar-refractivity contribution in [2.45, 2.75) is 6.61 Å². The average molecular weight is 282 g/mol. The van der Waals surface area contributed by atoms with Gasteiger partial charge in [0.2, 0.25) is 5.82 Å². The van der Waals surface area contributed by atoms with Crippen molar-refractivity contribution in [1.82, 2.24) is 0 Å². The summed E-state index contributed by atoms with van der Waals surface area (Å²) in [7, 11) is 0. The van der Waals surface area contributed by atoms with Gasteiger partial charge in [0.25, 0.3) is 0 Å². The number of halogens is 2. The van der Waals surface area contributed by atoms with Crippen LogP contribution in [-0.4, -0.2) is 4.92 Å². The molecule has 0 spiro atoms. The zero-order valence-corrected chi connectivity index (χ0v) is 10.4. The molecule has 98 valence electrons. The van der Waals surface area contributed by atoms with Crippen molar-refractivity contribution >= 4 is 17.3 Å². The normalized spacial score (nSPS) is 10.2. The van der Waals surface area contributed by atoms with Gasteiger partial charge in [0.15, 0.2) is 0 Å². The van der Waals surface area contributed by atoms with Gasteiger partial charge in [-0.15, -0.1) is 0 Å². The third-order valence-electron chi connectivity index (χ3n) is 2.45. The maximum Gasteiger partial charge on any atom is 0.306 e. The molecule has 2 aromatic rings. The summed E-state index contributed by atoms with van der Waals surface area (Å²) in [5.74, 6) is -0.321. The van der Waals surface area contributed by atoms with Crippen molar-refractivity contribution in [3.05, 3.63) is 69.0 Å². The van der Waals surface area contributed by atoms with Crippen molar-refractivity contribution in [3.8, 4) is 5.75 Å². The molecule has 0 aliphatic heterocycles. The predicted molar refractivity (Wildman–Crippen MR) is 68.8 cm³/mol. The van der Waals surface area contributed by atoms with Gasteiger partial charge in [-0.1, -0.05) is 29.8 Å². The SMILES string of the molecule is O=[N+]([O-])c1cc(Cl)c(COc2ccccc2)cc1F. The minimum atomic E-state index is -0.930. The Balaban J connectivity index is 2.17. The second kappa shape index (κ2) is 5.67. The zero-order valence-electron chi connectivity index (χ0n) is 9.68. The zero-order chi connectivity index (χ0) is 13.8. The summed E-state index contributed by atoms with van der Waals surface area (Å²) in [4.78, 5) is 9.72. The number of hydrogen-bond acceptors (Lipinski definition) is 3. The summed E-state index contributed by atoms with van der Waals surface area (Å²) < 4.78 is 18.9. The van der Waals surface area contributed by atoms with Crippen LogP contribution in [0.25, 0.3) is 0 Å². The molecule has 0 fully saturated rings. The second-order valence-electron chi connectivity index (χ2n) is 3.75. The fraction of sp³-hybridized carbons (Fsp3) is 0.0769. The second-order valence-corrected chi connectivity index (χ2v) is 4.16. The Morgan fingerprint density at radius 3 is 2.58 bits per heavy atom. The van der Waals surface area contributed by atoms with Gasteiger partial charge in [-0.2, -0.15) is 4.39 Å². The Morgan fingerprint density at radius 1 is 1.26 bits per heavy atom. The number of para-hydroxylation sites is 1. The number of rotatable bonds is 4. The quantitative estimate of drug-likeness (QED) is 0.629. The van der Waals surface area contributed by atoms with Crippen LogP contribution in [-0.2, 0) is 6.61 Å². The molecule has 0 aliphatic rings. The van der Waals surface area contributed by atoms with Gasteiger partial charge in [-0.25, -0.2) is 0 Å². The highest BCUT2D eigenvalue weighted by atomic mass is 35.5. The van der Waals surface area contributed by atoms with Crippen molar-refractivity contribution in [2.24, 2.45) is 0 Å². The summed E-state index contributed by atoms with van der Waals surface area (Å²) in [6.45, 7) is 0.0394. The molecule has 0 radical (unpaired) electrons. The number of benzene rings is 2. The highest BCUT2D eigenvalue weighted by Crippen LogP contribution is 2.27. The summed E-state index contributed by atoms with van der Waals surface area (Å²) in [6.07, 6.45) is 0. The number of ether oxygens (including phenoxy) is 1. The number of hydrogen-bond donors (Lipinski definition) is 0. The van der Waals surface area contributed by atoms with E-state index < -0.39 is 16.4 Å². The van der Waals surface area contributed by atoms with Gasteiger partial charge in [-0.05, 0) is 18.2 Å². The molecule has 0 heterocycles. The van der Waals surface area contributed by atoms with Gasteiger partial charge in [0.05, 0.1) is 9.95 Å². The van der Waals surface area contributed by atoms with Gasteiger partial charge in [-0.3, -0.25) is 10.1 Å². The standard InChI is InChI=1S/C13H9ClFNO3/c14-11-7-13(16(17)18)12(15)6-9(11)8-19-10-4-2-1-3-5-10/h1-7H,8H2. The molecular weight excluding hydrogens is 273 g/mol. The lowest BCUT2D eigenvalue weighted by atomic mass is 10.2. The van der Waals surface area contributed by atoms with Crippen LogP contribution in [0.1, 0.15) is 5.56 Å². The fourth-order valence-corrected chi connectivity index (χ4v) is 1.72. The molecule has 6 heteroatoms. The van der Waals surface area contributed by atoms with Crippen LogP contribution in [0, 0.1) is 15.9 Å². The number of nitrogens with zero attached hydrogens (tertiary/aromatic N) is 1. The number of nitro groups is 1. The third kappa shape index (κ3) is 3.20. The van der Waals surface area contributed by atoms with Gasteiger partial charge >= 0.3 is 5.69 Å². The van der Waals surface area contributed by atoms with Gasteiger partial charge in [0, 0.05) is 11.6 Å². The minimum Gasteiger partial charge on any atom is -0.489 e. The molecule has 0 aliphatic carbocycles. The van der Waals surface area contributed by atoms with Crippen LogP contribution in [0.15, 0.2) is 42.5 Å². The highest BCUT2D eigenvalue weighted by molar-refractivity contribution is 6.31. The lowest BCUT2D eigenvalue weighted by Crippen LogP contribution is -2.00. The molecule has 4 nitrogen and oxygen atoms in total. The van der Waals surface area contributed by atoms with Crippen molar-refractivity contribution in [1.29, 1.82) is 0 Å². The summed E-state index contributed by atoms with van der Waals surface area (Å²) in [5.41, 5.74) is -0.290. The van der Waals surface area contributed by atoms with E-state index in [0.717, 1.165) is 12.1 Å². The molecule has 2 aromatic carbocycles. The first kappa shape index (κ1) is 13.3. The maximum absolute atomic E-state index is 13.5. The van der Waals surface area contributed by atoms with Crippen LogP contribution >= 0.6 is 11.6 Å². The summed E-state index contributed by atoms with van der Waals surface area (Å²) in [6, 6.07) is 10.9. The number of nitro benzene ring substituents is 1. The van der Waals surface area contributed by atoms with Crippen molar-refractivity contribution in [3.63, 3.8) is 0 Å². The van der Waals surface area contributed by atoms with E-state index in [4.69, 9.17) is 16.3 Å². The summed E-state index contributed by atoms with van der Waals surface area (Å²) in [5, 5.41) is 10.6. The Morgan fingerprint density at radius 2 is 1.95 bits per heavy atom. The van der Waals surface area contributed by atoms with E-state index in [2.05, 4.69) is 0 Å². The Hall–Kier alpha value is -2.14. The average Bonchev–Trinajstić information content (AvgIpc) is 2.40. The molecule has 0 bridgehead atoms. The predicted octanol–water partition coefficient (Wildman–Crippen LogP) is 3.97. The van der Waals surface area contributed by atoms with Gasteiger partial charge in [0.1, 0.15) is 12.4 Å². The van der Waals surface area contributed by atoms with E-state index in [1.54, 1.807) is 24.3 Å². The van der Waals surface area contributed by atoms with Crippen LogP contribution in [0.2, 0.25) is 5.02 Å². The maximum atomic E-state index is 13.5. The lowest BCUT2D eigenvalue weighted by Gasteiger charge is -2.08. The molecule has 0 amide bonds. The van der Waals surface area contributed by atoms with E-state index in [-0.39, 0.29) is 11.6 Å². The first-order valence-electron chi connectivity index (χ1n) is 5.38. The lowest BCUT2D eigenvalue weighted by molar-refractivity contribution is -0.387. The van der Waals surface area contributed by atoms with E-state index in [9.17, 15) is 14.5 Å². The Bertz CT molecular complexity index is 604. The van der Waals surface area contributed by atoms with Crippen LogP contribution in [0.4, 0.5) is 10.1 Å². The molecule has 0 saturated heterocycles. The van der Waals surface area contributed by atoms with Crippen LogP contribution in [0.3, 0.4) is 0 Å². The largest absolute Gasteiger partial charge is 0.489 e. The molecule has 0 unspecified atom stereocenters. The summed E-state index contributed by atoms with van der Waals surface area (Å²) >= 11 is 5.86. The molecular formula is C13H9ClFNO3. The molecule has 0 atom stereocenters. The molecule has 2 rings (SSSR count). The molecule has 0 N–H and O–H groups in total. The van der Waals surface area contributed by atoms with E-state index in [0.29, 0.717) is 11.3 Å². The third-order valence-corrected chi connectivity index (χ3v) is 2.80. The van der Waals surface area contributed by atoms with E-state index in [1.807, 2.05) is 6.07 Å². The fourth-order valence-electron chi connectivity index (χ4n) is 1.51. The first-order chi connectivity index (χ1) is 9.08. The smallest absolute Gasteiger partial charge is 0.306 e. The molecule has 19 heavy (non-hydrogen) atoms.